The van der Waals surface area contributed by atoms with Crippen molar-refractivity contribution in [3.63, 3.8) is 0 Å². The van der Waals surface area contributed by atoms with Crippen molar-refractivity contribution in [2.75, 3.05) is 18.0 Å². The lowest BCUT2D eigenvalue weighted by Crippen LogP contribution is -2.34. The molecule has 1 aromatic rings. The zero-order chi connectivity index (χ0) is 10.7. The van der Waals surface area contributed by atoms with Crippen molar-refractivity contribution in [1.29, 1.82) is 0 Å². The number of nitrogens with two attached hydrogens (primary N) is 1. The van der Waals surface area contributed by atoms with Gasteiger partial charge in [-0.3, -0.25) is 0 Å². The van der Waals surface area contributed by atoms with Gasteiger partial charge in [0.1, 0.15) is 0 Å². The van der Waals surface area contributed by atoms with Crippen LogP contribution in [0.15, 0.2) is 24.3 Å². The van der Waals surface area contributed by atoms with Gasteiger partial charge in [-0.25, -0.2) is 0 Å². The van der Waals surface area contributed by atoms with Gasteiger partial charge in [-0.05, 0) is 36.5 Å². The van der Waals surface area contributed by atoms with Gasteiger partial charge in [0.05, 0.1) is 0 Å². The van der Waals surface area contributed by atoms with Crippen LogP contribution in [0.25, 0.3) is 0 Å². The molecule has 0 radical (unpaired) electrons. The van der Waals surface area contributed by atoms with Crippen LogP contribution in [0.1, 0.15) is 25.3 Å². The molecule has 0 aliphatic carbocycles. The van der Waals surface area contributed by atoms with E-state index in [2.05, 4.69) is 36.1 Å². The summed E-state index contributed by atoms with van der Waals surface area (Å²) >= 11 is 0. The molecule has 1 fully saturated rings. The van der Waals surface area contributed by atoms with E-state index in [0.29, 0.717) is 6.54 Å². The molecular formula is C13H20N2. The Kier molecular flexibility index (Phi) is 3.27. The number of nitrogens with zero attached hydrogens (tertiary/aromatic N) is 1. The summed E-state index contributed by atoms with van der Waals surface area (Å²) in [4.78, 5) is 2.48. The van der Waals surface area contributed by atoms with Crippen LogP contribution in [0, 0.1) is 5.92 Å². The van der Waals surface area contributed by atoms with Crippen LogP contribution in [0.3, 0.4) is 0 Å². The first-order valence-corrected chi connectivity index (χ1v) is 5.83. The molecule has 1 heterocycles. The summed E-state index contributed by atoms with van der Waals surface area (Å²) < 4.78 is 0. The summed E-state index contributed by atoms with van der Waals surface area (Å²) in [5.74, 6) is 0.827. The molecule has 1 saturated heterocycles. The van der Waals surface area contributed by atoms with Gasteiger partial charge < -0.3 is 10.6 Å². The van der Waals surface area contributed by atoms with Gasteiger partial charge in [0.25, 0.3) is 0 Å². The Balaban J connectivity index is 2.07. The molecule has 0 amide bonds. The standard InChI is InChI=1S/C13H20N2/c1-11-3-2-8-15(10-11)13-6-4-12(9-14)5-7-13/h4-7,11H,2-3,8-10,14H2,1H3/t11-/m0/s1. The van der Waals surface area contributed by atoms with Crippen LogP contribution >= 0.6 is 0 Å². The van der Waals surface area contributed by atoms with Gasteiger partial charge in [-0.1, -0.05) is 19.1 Å². The van der Waals surface area contributed by atoms with Crippen molar-refractivity contribution in [3.8, 4) is 0 Å². The number of benzene rings is 1. The fourth-order valence-electron chi connectivity index (χ4n) is 2.27. The topological polar surface area (TPSA) is 29.3 Å². The van der Waals surface area contributed by atoms with E-state index in [1.54, 1.807) is 0 Å². The molecule has 0 aromatic heterocycles. The van der Waals surface area contributed by atoms with Crippen molar-refractivity contribution >= 4 is 5.69 Å². The number of piperidine rings is 1. The van der Waals surface area contributed by atoms with Gasteiger partial charge in [0, 0.05) is 25.3 Å². The first kappa shape index (κ1) is 10.5. The SMILES string of the molecule is C[C@H]1CCCN(c2ccc(CN)cc2)C1. The van der Waals surface area contributed by atoms with E-state index in [0.717, 1.165) is 5.92 Å². The van der Waals surface area contributed by atoms with Gasteiger partial charge in [-0.15, -0.1) is 0 Å². The third-order valence-electron chi connectivity index (χ3n) is 3.19. The van der Waals surface area contributed by atoms with E-state index >= 15 is 0 Å². The summed E-state index contributed by atoms with van der Waals surface area (Å²) in [6.07, 6.45) is 2.69. The number of hydrogen-bond donors (Lipinski definition) is 1. The van der Waals surface area contributed by atoms with Gasteiger partial charge >= 0.3 is 0 Å². The average molecular weight is 204 g/mol. The van der Waals surface area contributed by atoms with Crippen molar-refractivity contribution in [1.82, 2.24) is 0 Å². The van der Waals surface area contributed by atoms with Crippen molar-refractivity contribution in [2.45, 2.75) is 26.3 Å². The van der Waals surface area contributed by atoms with E-state index < -0.39 is 0 Å². The highest BCUT2D eigenvalue weighted by Gasteiger charge is 2.16. The maximum Gasteiger partial charge on any atom is 0.0366 e. The van der Waals surface area contributed by atoms with Crippen molar-refractivity contribution in [2.24, 2.45) is 11.7 Å². The summed E-state index contributed by atoms with van der Waals surface area (Å²) in [6.45, 7) is 5.37. The first-order valence-electron chi connectivity index (χ1n) is 5.83. The van der Waals surface area contributed by atoms with E-state index in [-0.39, 0.29) is 0 Å². The molecule has 15 heavy (non-hydrogen) atoms. The average Bonchev–Trinajstić information content (AvgIpc) is 2.29. The zero-order valence-corrected chi connectivity index (χ0v) is 9.45. The molecule has 0 bridgehead atoms. The largest absolute Gasteiger partial charge is 0.371 e. The molecule has 0 unspecified atom stereocenters. The molecule has 2 heteroatoms. The highest BCUT2D eigenvalue weighted by atomic mass is 15.1. The molecule has 1 aromatic carbocycles. The predicted octanol–water partition coefficient (Wildman–Crippen LogP) is 2.38. The van der Waals surface area contributed by atoms with Crippen LogP contribution in [-0.4, -0.2) is 13.1 Å². The smallest absolute Gasteiger partial charge is 0.0366 e. The predicted molar refractivity (Wildman–Crippen MR) is 64.9 cm³/mol. The lowest BCUT2D eigenvalue weighted by molar-refractivity contribution is 0.447. The monoisotopic (exact) mass is 204 g/mol. The fourth-order valence-corrected chi connectivity index (χ4v) is 2.27. The Hall–Kier alpha value is -1.02. The Labute approximate surface area is 92.1 Å². The molecule has 2 nitrogen and oxygen atoms in total. The Bertz CT molecular complexity index is 305. The third-order valence-corrected chi connectivity index (χ3v) is 3.19. The third kappa shape index (κ3) is 2.51. The van der Waals surface area contributed by atoms with E-state index in [4.69, 9.17) is 5.73 Å². The summed E-state index contributed by atoms with van der Waals surface area (Å²) in [7, 11) is 0. The lowest BCUT2D eigenvalue weighted by atomic mass is 9.99. The summed E-state index contributed by atoms with van der Waals surface area (Å²) in [5, 5.41) is 0. The Morgan fingerprint density at radius 3 is 2.67 bits per heavy atom. The lowest BCUT2D eigenvalue weighted by Gasteiger charge is -2.32. The second kappa shape index (κ2) is 4.67. The van der Waals surface area contributed by atoms with Crippen molar-refractivity contribution in [3.05, 3.63) is 29.8 Å². The molecular weight excluding hydrogens is 184 g/mol. The molecule has 1 aliphatic rings. The maximum absolute atomic E-state index is 5.59. The molecule has 1 atom stereocenters. The van der Waals surface area contributed by atoms with Crippen LogP contribution in [0.4, 0.5) is 5.69 Å². The normalized spacial score (nSPS) is 21.7. The minimum absolute atomic E-state index is 0.636. The molecule has 0 spiro atoms. The van der Waals surface area contributed by atoms with E-state index in [1.165, 1.54) is 37.2 Å². The quantitative estimate of drug-likeness (QED) is 0.801. The Morgan fingerprint density at radius 2 is 2.07 bits per heavy atom. The first-order chi connectivity index (χ1) is 7.29. The zero-order valence-electron chi connectivity index (χ0n) is 9.45. The molecule has 1 aliphatic heterocycles. The second-order valence-electron chi connectivity index (χ2n) is 4.56. The highest BCUT2D eigenvalue weighted by Crippen LogP contribution is 2.22. The van der Waals surface area contributed by atoms with Crippen LogP contribution in [-0.2, 0) is 6.54 Å². The van der Waals surface area contributed by atoms with Crippen LogP contribution < -0.4 is 10.6 Å². The fraction of sp³-hybridized carbons (Fsp3) is 0.538. The van der Waals surface area contributed by atoms with Gasteiger partial charge in [0.15, 0.2) is 0 Å². The van der Waals surface area contributed by atoms with Crippen LogP contribution in [0.5, 0.6) is 0 Å². The van der Waals surface area contributed by atoms with E-state index in [1.807, 2.05) is 0 Å². The highest BCUT2D eigenvalue weighted by molar-refractivity contribution is 5.48. The Morgan fingerprint density at radius 1 is 1.33 bits per heavy atom. The molecule has 2 rings (SSSR count). The van der Waals surface area contributed by atoms with Crippen LogP contribution in [0.2, 0.25) is 0 Å². The minimum atomic E-state index is 0.636. The number of rotatable bonds is 2. The number of anilines is 1. The van der Waals surface area contributed by atoms with Crippen molar-refractivity contribution < 1.29 is 0 Å². The van der Waals surface area contributed by atoms with E-state index in [9.17, 15) is 0 Å². The number of hydrogen-bond acceptors (Lipinski definition) is 2. The molecule has 0 saturated carbocycles. The summed E-state index contributed by atoms with van der Waals surface area (Å²) in [5.41, 5.74) is 8.14. The summed E-state index contributed by atoms with van der Waals surface area (Å²) in [6, 6.07) is 8.66. The van der Waals surface area contributed by atoms with Gasteiger partial charge in [-0.2, -0.15) is 0 Å². The maximum atomic E-state index is 5.59. The molecule has 2 N–H and O–H groups in total. The molecule has 82 valence electrons. The van der Waals surface area contributed by atoms with Gasteiger partial charge in [0.2, 0.25) is 0 Å². The second-order valence-corrected chi connectivity index (χ2v) is 4.56. The minimum Gasteiger partial charge on any atom is -0.371 e.